The van der Waals surface area contributed by atoms with E-state index in [0.717, 1.165) is 0 Å². The molecule has 2 bridgehead atoms. The van der Waals surface area contributed by atoms with Crippen molar-refractivity contribution in [3.05, 3.63) is 35.4 Å². The number of hydrogen-bond donors (Lipinski definition) is 1. The highest BCUT2D eigenvalue weighted by molar-refractivity contribution is 5.62. The number of likely N-dealkylation sites (N-methyl/N-ethyl adjacent to an activating group) is 1. The Labute approximate surface area is 138 Å². The van der Waals surface area contributed by atoms with E-state index < -0.39 is 29.5 Å². The van der Waals surface area contributed by atoms with Gasteiger partial charge in [-0.05, 0) is 38.0 Å². The van der Waals surface area contributed by atoms with Crippen molar-refractivity contribution in [3.63, 3.8) is 0 Å². The highest BCUT2D eigenvalue weighted by atomic mass is 16.5. The summed E-state index contributed by atoms with van der Waals surface area (Å²) < 4.78 is 63.1. The average Bonchev–Trinajstić information content (AvgIpc) is 2.93. The Morgan fingerprint density at radius 3 is 3.27 bits per heavy atom. The smallest absolute Gasteiger partial charge is 0.211 e. The van der Waals surface area contributed by atoms with E-state index in [2.05, 4.69) is 0 Å². The Hall–Kier alpha value is -1.52. The Morgan fingerprint density at radius 1 is 1.55 bits per heavy atom. The highest BCUT2D eigenvalue weighted by Crippen LogP contribution is 2.62. The molecule has 1 fully saturated rings. The minimum atomic E-state index is -2.12. The van der Waals surface area contributed by atoms with Gasteiger partial charge in [-0.25, -0.2) is 0 Å². The quantitative estimate of drug-likeness (QED) is 0.841. The summed E-state index contributed by atoms with van der Waals surface area (Å²) in [6.07, 6.45) is -0.493. The minimum Gasteiger partial charge on any atom is -0.493 e. The SMILES string of the molecule is [2H]OC1([2H])C=C[C@H]2[C@@]3([2H])Cc4c([2H])c([2H])c(OC)c5c4[C@@]2(CCN3C)C1([2H])O5. The number of hydrogen-bond acceptors (Lipinski definition) is 4. The molecule has 116 valence electrons. The Kier molecular flexibility index (Phi) is 1.54. The first-order valence-electron chi connectivity index (χ1n) is 10.5. The Balaban J connectivity index is 1.95. The lowest BCUT2D eigenvalue weighted by Crippen LogP contribution is -2.64. The molecule has 4 nitrogen and oxygen atoms in total. The molecule has 0 amide bonds. The topological polar surface area (TPSA) is 41.9 Å². The molecular formula is C18H21NO3. The largest absolute Gasteiger partial charge is 0.493 e. The monoisotopic (exact) mass is 305 g/mol. The third kappa shape index (κ3) is 1.28. The number of methoxy groups -OCH3 is 1. The van der Waals surface area contributed by atoms with Gasteiger partial charge in [0, 0.05) is 24.3 Å². The molecule has 0 aromatic heterocycles. The van der Waals surface area contributed by atoms with Gasteiger partial charge in [0.05, 0.1) is 12.6 Å². The number of rotatable bonds is 2. The zero-order chi connectivity index (χ0) is 20.3. The number of aliphatic hydroxyl groups is 1. The fraction of sp³-hybridized carbons (Fsp3) is 0.556. The second kappa shape index (κ2) is 4.06. The van der Waals surface area contributed by atoms with Crippen LogP contribution in [0.4, 0.5) is 0 Å². The van der Waals surface area contributed by atoms with E-state index in [1.165, 1.54) is 13.2 Å². The van der Waals surface area contributed by atoms with Crippen molar-refractivity contribution in [1.82, 2.24) is 4.90 Å². The first kappa shape index (κ1) is 8.37. The van der Waals surface area contributed by atoms with E-state index in [0.29, 0.717) is 24.1 Å². The summed E-state index contributed by atoms with van der Waals surface area (Å²) >= 11 is 0. The fourth-order valence-corrected chi connectivity index (χ4v) is 4.59. The zero-order valence-electron chi connectivity index (χ0n) is 18.5. The van der Waals surface area contributed by atoms with Crippen molar-refractivity contribution in [2.75, 3.05) is 20.7 Å². The second-order valence-electron chi connectivity index (χ2n) is 6.41. The highest BCUT2D eigenvalue weighted by Gasteiger charge is 2.64. The van der Waals surface area contributed by atoms with E-state index in [1.54, 1.807) is 6.08 Å². The third-order valence-corrected chi connectivity index (χ3v) is 5.57. The lowest BCUT2D eigenvalue weighted by atomic mass is 9.53. The summed E-state index contributed by atoms with van der Waals surface area (Å²) in [7, 11) is 3.23. The molecule has 5 rings (SSSR count). The number of nitrogens with zero attached hydrogens (tertiary/aromatic N) is 1. The molecule has 22 heavy (non-hydrogen) atoms. The summed E-state index contributed by atoms with van der Waals surface area (Å²) in [6, 6.07) is -1.35. The maximum absolute atomic E-state index is 9.29. The number of benzene rings is 1. The summed E-state index contributed by atoms with van der Waals surface area (Å²) in [5.74, 6) is -0.247. The van der Waals surface area contributed by atoms with E-state index in [1.807, 2.05) is 11.9 Å². The van der Waals surface area contributed by atoms with Crippen LogP contribution in [-0.2, 0) is 11.8 Å². The zero-order valence-corrected chi connectivity index (χ0v) is 12.5. The summed E-state index contributed by atoms with van der Waals surface area (Å²) in [6.45, 7) is 0.503. The molecule has 5 atom stereocenters. The van der Waals surface area contributed by atoms with E-state index in [4.69, 9.17) is 20.1 Å². The summed E-state index contributed by atoms with van der Waals surface area (Å²) in [4.78, 5) is 1.90. The third-order valence-electron chi connectivity index (χ3n) is 5.57. The van der Waals surface area contributed by atoms with Gasteiger partial charge in [-0.1, -0.05) is 18.2 Å². The van der Waals surface area contributed by atoms with Crippen molar-refractivity contribution in [2.45, 2.75) is 36.4 Å². The van der Waals surface area contributed by atoms with Crippen LogP contribution in [0.3, 0.4) is 0 Å². The normalized spacial score (nSPS) is 54.9. The summed E-state index contributed by atoms with van der Waals surface area (Å²) in [5.41, 5.74) is -0.0619. The maximum Gasteiger partial charge on any atom is 0.211 e. The molecule has 1 spiro atoms. The van der Waals surface area contributed by atoms with Gasteiger partial charge >= 0.3 is 0 Å². The molecule has 0 radical (unpaired) electrons. The van der Waals surface area contributed by atoms with Gasteiger partial charge in [0.25, 0.3) is 0 Å². The standard InChI is InChI=1S/C18H21NO3/c1-19-8-7-18-11-4-5-13(20)17(18)22-16-14(21-2)6-3-10(15(16)18)9-12(11)19/h3-6,11-13,17,20H,7-9H2,1-2H3/t11-,12+,13?,17?,18-/m0/s1/i3D,6D,12D,13D,17D,20D. The van der Waals surface area contributed by atoms with Gasteiger partial charge in [-0.15, -0.1) is 0 Å². The van der Waals surface area contributed by atoms with Crippen LogP contribution in [0.25, 0.3) is 0 Å². The lowest BCUT2D eigenvalue weighted by Gasteiger charge is -2.56. The van der Waals surface area contributed by atoms with Gasteiger partial charge in [0.15, 0.2) is 11.5 Å². The molecule has 4 heteroatoms. The number of ether oxygens (including phenoxy) is 2. The van der Waals surface area contributed by atoms with Gasteiger partial charge in [0.2, 0.25) is 1.43 Å². The van der Waals surface area contributed by atoms with Crippen molar-refractivity contribution in [1.29, 1.82) is 1.43 Å². The minimum absolute atomic E-state index is 0.0369. The molecular weight excluding hydrogens is 278 g/mol. The van der Waals surface area contributed by atoms with E-state index in [-0.39, 0.29) is 30.0 Å². The van der Waals surface area contributed by atoms with Crippen LogP contribution in [0.2, 0.25) is 0 Å². The molecule has 2 heterocycles. The Bertz CT molecular complexity index is 943. The van der Waals surface area contributed by atoms with Crippen LogP contribution >= 0.6 is 0 Å². The average molecular weight is 305 g/mol. The van der Waals surface area contributed by atoms with Gasteiger partial charge < -0.3 is 19.5 Å². The maximum atomic E-state index is 9.29. The van der Waals surface area contributed by atoms with Crippen molar-refractivity contribution < 1.29 is 21.4 Å². The van der Waals surface area contributed by atoms with Crippen LogP contribution in [0.15, 0.2) is 24.2 Å². The summed E-state index contributed by atoms with van der Waals surface area (Å²) in [5, 5.41) is 4.73. The number of likely N-dealkylation sites (tertiary alicyclic amines) is 1. The Morgan fingerprint density at radius 2 is 2.45 bits per heavy atom. The molecule has 1 aromatic carbocycles. The molecule has 2 aliphatic carbocycles. The van der Waals surface area contributed by atoms with Crippen molar-refractivity contribution >= 4 is 0 Å². The molecule has 0 saturated carbocycles. The van der Waals surface area contributed by atoms with E-state index >= 15 is 0 Å². The van der Waals surface area contributed by atoms with Crippen LogP contribution in [0, 0.1) is 5.92 Å². The molecule has 1 N–H and O–H groups in total. The van der Waals surface area contributed by atoms with Crippen LogP contribution < -0.4 is 9.47 Å². The molecule has 2 unspecified atom stereocenters. The van der Waals surface area contributed by atoms with Crippen LogP contribution in [0.1, 0.15) is 24.4 Å². The molecule has 1 aromatic rings. The second-order valence-corrected chi connectivity index (χ2v) is 6.41. The predicted octanol–water partition coefficient (Wildman–Crippen LogP) is 1.50. The molecule has 2 aliphatic heterocycles. The predicted molar refractivity (Wildman–Crippen MR) is 82.5 cm³/mol. The first-order valence-corrected chi connectivity index (χ1v) is 7.56. The van der Waals surface area contributed by atoms with Gasteiger partial charge in [-0.2, -0.15) is 0 Å². The molecule has 4 aliphatic rings. The first-order chi connectivity index (χ1) is 13.1. The van der Waals surface area contributed by atoms with Crippen molar-refractivity contribution in [3.8, 4) is 11.5 Å². The van der Waals surface area contributed by atoms with Crippen LogP contribution in [-0.4, -0.2) is 50.3 Å². The lowest BCUT2D eigenvalue weighted by molar-refractivity contribution is -0.0453. The van der Waals surface area contributed by atoms with Gasteiger partial charge in [-0.3, -0.25) is 0 Å². The van der Waals surface area contributed by atoms with Crippen molar-refractivity contribution in [2.24, 2.45) is 5.92 Å². The molecule has 1 saturated heterocycles. The fourth-order valence-electron chi connectivity index (χ4n) is 4.59. The number of piperidine rings is 1. The van der Waals surface area contributed by atoms with E-state index in [9.17, 15) is 2.74 Å². The van der Waals surface area contributed by atoms with Crippen LogP contribution in [0.5, 0.6) is 11.5 Å². The van der Waals surface area contributed by atoms with Gasteiger partial charge in [0.1, 0.15) is 12.2 Å².